The standard InChI is InChI=1S/C39H46F2N8O3/c1-23(27-7-9-34(50)44-36(27)51)4-8-33(42-3)48-12-10-24(11-13-48)22-47-14-16-49(17-15-47)37(52)26-6-5-25-18-30(43-29(25)19-26)35-28-20-32-38(2,39(32,40)41)21-31(28)45-46-35/h4-6,8,18-19,24,27,32,43H,3,7,9-17,20-22H2,1-2H3,(H,45,46)(H,44,50,51)/b23-4+,33-8+/t27?,32-,38+/m0/s1. The smallest absolute Gasteiger partial charge is 0.258 e. The van der Waals surface area contributed by atoms with Crippen molar-refractivity contribution in [2.24, 2.45) is 28.2 Å². The van der Waals surface area contributed by atoms with Crippen LogP contribution in [0.3, 0.4) is 0 Å². The molecule has 3 aliphatic heterocycles. The number of imide groups is 1. The van der Waals surface area contributed by atoms with Gasteiger partial charge >= 0.3 is 0 Å². The van der Waals surface area contributed by atoms with Crippen LogP contribution in [0, 0.1) is 23.2 Å². The molecular weight excluding hydrogens is 666 g/mol. The number of hydrogen-bond acceptors (Lipinski definition) is 7. The van der Waals surface area contributed by atoms with Crippen molar-refractivity contribution in [2.45, 2.75) is 58.3 Å². The molecule has 52 heavy (non-hydrogen) atoms. The number of benzene rings is 1. The van der Waals surface area contributed by atoms with E-state index >= 15 is 0 Å². The number of aromatic nitrogens is 3. The summed E-state index contributed by atoms with van der Waals surface area (Å²) in [5.74, 6) is -2.67. The van der Waals surface area contributed by atoms with Gasteiger partial charge in [0.1, 0.15) is 11.5 Å². The molecule has 3 atom stereocenters. The lowest BCUT2D eigenvalue weighted by Gasteiger charge is -2.39. The minimum absolute atomic E-state index is 0.0107. The van der Waals surface area contributed by atoms with Crippen LogP contribution < -0.4 is 5.32 Å². The summed E-state index contributed by atoms with van der Waals surface area (Å²) in [5.41, 5.74) is 4.51. The number of alkyl halides is 2. The molecule has 3 saturated heterocycles. The van der Waals surface area contributed by atoms with Gasteiger partial charge in [-0.2, -0.15) is 5.10 Å². The minimum Gasteiger partial charge on any atom is -0.357 e. The average molecular weight is 713 g/mol. The SMILES string of the molecule is C=N/C(=C\C=C(/C)C1CCC(=O)NC1=O)N1CCC(CN2CCN(C(=O)c3ccc4cc(-c5n[nH]c6c5C[C@@H]5C(F)(F)[C@]5(C)C6)[nH]c4c3)CC2)CC1. The Morgan fingerprint density at radius 1 is 1.06 bits per heavy atom. The molecule has 3 amide bonds. The summed E-state index contributed by atoms with van der Waals surface area (Å²) in [4.78, 5) is 51.6. The Morgan fingerprint density at radius 3 is 2.56 bits per heavy atom. The molecule has 2 aliphatic carbocycles. The number of likely N-dealkylation sites (tertiary alicyclic amines) is 1. The lowest BCUT2D eigenvalue weighted by atomic mass is 9.87. The molecule has 13 heteroatoms. The first-order chi connectivity index (χ1) is 24.9. The van der Waals surface area contributed by atoms with Gasteiger partial charge in [-0.3, -0.25) is 29.7 Å². The van der Waals surface area contributed by atoms with Crippen LogP contribution in [0.1, 0.15) is 61.1 Å². The summed E-state index contributed by atoms with van der Waals surface area (Å²) in [7, 11) is 0. The second kappa shape index (κ2) is 13.1. The van der Waals surface area contributed by atoms with Crippen molar-refractivity contribution in [1.29, 1.82) is 0 Å². The van der Waals surface area contributed by atoms with Gasteiger partial charge < -0.3 is 14.8 Å². The summed E-state index contributed by atoms with van der Waals surface area (Å²) in [5, 5.41) is 10.9. The van der Waals surface area contributed by atoms with E-state index < -0.39 is 17.3 Å². The maximum atomic E-state index is 14.5. The van der Waals surface area contributed by atoms with Crippen molar-refractivity contribution < 1.29 is 23.2 Å². The number of aliphatic imine (C=N–C) groups is 1. The van der Waals surface area contributed by atoms with Gasteiger partial charge in [0.2, 0.25) is 11.8 Å². The topological polar surface area (TPSA) is 130 Å². The largest absolute Gasteiger partial charge is 0.357 e. The fourth-order valence-electron chi connectivity index (χ4n) is 8.95. The van der Waals surface area contributed by atoms with Crippen LogP contribution >= 0.6 is 0 Å². The molecule has 0 spiro atoms. The number of carbonyl (C=O) groups excluding carboxylic acids is 3. The Bertz CT molecular complexity index is 2000. The Labute approximate surface area is 301 Å². The van der Waals surface area contributed by atoms with Crippen LogP contribution in [0.2, 0.25) is 0 Å². The number of piperidine rings is 2. The van der Waals surface area contributed by atoms with Gasteiger partial charge in [0.05, 0.1) is 11.6 Å². The first kappa shape index (κ1) is 34.4. The van der Waals surface area contributed by atoms with E-state index in [2.05, 4.69) is 42.0 Å². The summed E-state index contributed by atoms with van der Waals surface area (Å²) < 4.78 is 28.9. The van der Waals surface area contributed by atoms with Crippen LogP contribution in [0.4, 0.5) is 8.78 Å². The number of piperazine rings is 1. The van der Waals surface area contributed by atoms with Gasteiger partial charge in [-0.15, -0.1) is 0 Å². The quantitative estimate of drug-likeness (QED) is 0.173. The van der Waals surface area contributed by atoms with Crippen LogP contribution in [-0.4, -0.2) is 106 Å². The number of nitrogens with zero attached hydrogens (tertiary/aromatic N) is 5. The van der Waals surface area contributed by atoms with Gasteiger partial charge in [0.15, 0.2) is 0 Å². The van der Waals surface area contributed by atoms with Crippen molar-refractivity contribution in [2.75, 3.05) is 45.8 Å². The van der Waals surface area contributed by atoms with E-state index in [1.54, 1.807) is 6.92 Å². The molecule has 1 saturated carbocycles. The van der Waals surface area contributed by atoms with Gasteiger partial charge in [0, 0.05) is 97.7 Å². The lowest BCUT2D eigenvalue weighted by Crippen LogP contribution is -2.50. The molecule has 3 N–H and O–H groups in total. The molecule has 11 nitrogen and oxygen atoms in total. The van der Waals surface area contributed by atoms with E-state index in [1.807, 2.05) is 48.2 Å². The van der Waals surface area contributed by atoms with E-state index in [-0.39, 0.29) is 23.6 Å². The third kappa shape index (κ3) is 6.06. The second-order valence-electron chi connectivity index (χ2n) is 15.6. The van der Waals surface area contributed by atoms with E-state index in [4.69, 9.17) is 0 Å². The summed E-state index contributed by atoms with van der Waals surface area (Å²) in [6, 6.07) is 7.68. The minimum atomic E-state index is -2.64. The monoisotopic (exact) mass is 712 g/mol. The normalized spacial score (nSPS) is 27.0. The first-order valence-corrected chi connectivity index (χ1v) is 18.5. The van der Waals surface area contributed by atoms with Crippen LogP contribution in [0.5, 0.6) is 0 Å². The molecule has 5 aliphatic rings. The number of fused-ring (bicyclic) bond motifs is 3. The first-order valence-electron chi connectivity index (χ1n) is 18.5. The molecule has 4 fully saturated rings. The van der Waals surface area contributed by atoms with Gasteiger partial charge in [-0.1, -0.05) is 24.6 Å². The molecule has 1 unspecified atom stereocenters. The van der Waals surface area contributed by atoms with E-state index in [0.29, 0.717) is 55.9 Å². The molecule has 5 heterocycles. The molecule has 3 aromatic rings. The number of allylic oxidation sites excluding steroid dienone is 2. The highest BCUT2D eigenvalue weighted by Gasteiger charge is 2.78. The van der Waals surface area contributed by atoms with Crippen LogP contribution in [-0.2, 0) is 22.4 Å². The molecular formula is C39H46F2N8O3. The predicted octanol–water partition coefficient (Wildman–Crippen LogP) is 4.94. The predicted molar refractivity (Wildman–Crippen MR) is 194 cm³/mol. The van der Waals surface area contributed by atoms with E-state index in [9.17, 15) is 23.2 Å². The third-order valence-corrected chi connectivity index (χ3v) is 12.5. The Balaban J connectivity index is 0.827. The average Bonchev–Trinajstić information content (AvgIpc) is 3.52. The number of H-pyrrole nitrogens is 2. The molecule has 1 aromatic carbocycles. The highest BCUT2D eigenvalue weighted by atomic mass is 19.3. The molecule has 8 rings (SSSR count). The second-order valence-corrected chi connectivity index (χ2v) is 15.6. The summed E-state index contributed by atoms with van der Waals surface area (Å²) >= 11 is 0. The molecule has 0 bridgehead atoms. The molecule has 0 radical (unpaired) electrons. The zero-order valence-corrected chi connectivity index (χ0v) is 29.8. The van der Waals surface area contributed by atoms with E-state index in [1.165, 1.54) is 0 Å². The number of rotatable bonds is 8. The third-order valence-electron chi connectivity index (χ3n) is 12.5. The van der Waals surface area contributed by atoms with Crippen molar-refractivity contribution in [3.8, 4) is 11.4 Å². The van der Waals surface area contributed by atoms with Gasteiger partial charge in [-0.25, -0.2) is 13.8 Å². The maximum Gasteiger partial charge on any atom is 0.258 e. The Hall–Kier alpha value is -4.65. The molecule has 2 aromatic heterocycles. The summed E-state index contributed by atoms with van der Waals surface area (Å²) in [6.07, 6.45) is 7.42. The zero-order chi connectivity index (χ0) is 36.4. The lowest BCUT2D eigenvalue weighted by molar-refractivity contribution is -0.135. The number of aromatic amines is 2. The zero-order valence-electron chi connectivity index (χ0n) is 29.8. The van der Waals surface area contributed by atoms with E-state index in [0.717, 1.165) is 84.8 Å². The Morgan fingerprint density at radius 2 is 1.83 bits per heavy atom. The van der Waals surface area contributed by atoms with Crippen LogP contribution in [0.25, 0.3) is 22.3 Å². The number of nitrogens with one attached hydrogen (secondary N) is 3. The van der Waals surface area contributed by atoms with Crippen molar-refractivity contribution in [1.82, 2.24) is 35.2 Å². The highest BCUT2D eigenvalue weighted by Crippen LogP contribution is 2.70. The van der Waals surface area contributed by atoms with Crippen molar-refractivity contribution in [3.63, 3.8) is 0 Å². The molecule has 274 valence electrons. The number of amides is 3. The van der Waals surface area contributed by atoms with Crippen molar-refractivity contribution in [3.05, 3.63) is 64.6 Å². The number of carbonyl (C=O) groups is 3. The fraction of sp³-hybridized carbons (Fsp3) is 0.513. The van der Waals surface area contributed by atoms with Gasteiger partial charge in [0.25, 0.3) is 11.8 Å². The van der Waals surface area contributed by atoms with Crippen LogP contribution in [0.15, 0.2) is 52.8 Å². The summed E-state index contributed by atoms with van der Waals surface area (Å²) in [6.45, 7) is 13.1. The number of halogens is 2. The fourth-order valence-corrected chi connectivity index (χ4v) is 8.95. The van der Waals surface area contributed by atoms with Gasteiger partial charge in [-0.05, 0) is 69.5 Å². The maximum absolute atomic E-state index is 14.5. The van der Waals surface area contributed by atoms with Crippen molar-refractivity contribution >= 4 is 35.3 Å². The highest BCUT2D eigenvalue weighted by molar-refractivity contribution is 6.00. The Kier molecular flexibility index (Phi) is 8.67. The number of hydrogen-bond donors (Lipinski definition) is 3.